The van der Waals surface area contributed by atoms with E-state index in [9.17, 15) is 8.42 Å². The number of nitriles is 1. The number of nitrogens with zero attached hydrogens (tertiary/aromatic N) is 4. The molecular formula is C11H9ClN4O2S. The van der Waals surface area contributed by atoms with Crippen LogP contribution in [0.1, 0.15) is 12.5 Å². The van der Waals surface area contributed by atoms with Crippen LogP contribution in [0.3, 0.4) is 0 Å². The Kier molecular flexibility index (Phi) is 3.55. The van der Waals surface area contributed by atoms with Crippen molar-refractivity contribution in [1.82, 2.24) is 14.8 Å². The Balaban J connectivity index is 2.57. The highest BCUT2D eigenvalue weighted by atomic mass is 35.7. The maximum absolute atomic E-state index is 11.4. The molecule has 1 aromatic heterocycles. The van der Waals surface area contributed by atoms with Gasteiger partial charge >= 0.3 is 0 Å². The second-order valence-electron chi connectivity index (χ2n) is 3.68. The van der Waals surface area contributed by atoms with Gasteiger partial charge < -0.3 is 0 Å². The molecule has 0 unspecified atom stereocenters. The predicted molar refractivity (Wildman–Crippen MR) is 68.9 cm³/mol. The Bertz CT molecular complexity index is 744. The lowest BCUT2D eigenvalue weighted by Gasteiger charge is -2.05. The van der Waals surface area contributed by atoms with Crippen molar-refractivity contribution in [3.63, 3.8) is 0 Å². The van der Waals surface area contributed by atoms with E-state index in [2.05, 4.69) is 10.2 Å². The summed E-state index contributed by atoms with van der Waals surface area (Å²) in [5.41, 5.74) is 1.18. The van der Waals surface area contributed by atoms with Gasteiger partial charge in [-0.15, -0.1) is 10.2 Å². The van der Waals surface area contributed by atoms with Gasteiger partial charge in [-0.2, -0.15) is 5.26 Å². The maximum Gasteiger partial charge on any atom is 0.296 e. The summed E-state index contributed by atoms with van der Waals surface area (Å²) in [4.78, 5) is 0. The topological polar surface area (TPSA) is 88.6 Å². The molecule has 0 bridgehead atoms. The van der Waals surface area contributed by atoms with Gasteiger partial charge in [0.15, 0.2) is 5.82 Å². The molecule has 8 heteroatoms. The van der Waals surface area contributed by atoms with Crippen LogP contribution in [0.25, 0.3) is 11.4 Å². The minimum absolute atomic E-state index is 0.281. The van der Waals surface area contributed by atoms with Crippen molar-refractivity contribution in [3.05, 3.63) is 29.8 Å². The fraction of sp³-hybridized carbons (Fsp3) is 0.182. The standard InChI is InChI=1S/C11H9ClN4O2S/c1-2-16-10(14-15-11(16)19(12,17)18)9-5-3-8(7-13)4-6-9/h3-6H,2H2,1H3. The van der Waals surface area contributed by atoms with Gasteiger partial charge in [-0.3, -0.25) is 4.57 Å². The third-order valence-corrected chi connectivity index (χ3v) is 3.68. The van der Waals surface area contributed by atoms with Gasteiger partial charge in [0, 0.05) is 22.8 Å². The molecule has 1 heterocycles. The van der Waals surface area contributed by atoms with Gasteiger partial charge in [0.2, 0.25) is 0 Å². The molecule has 0 amide bonds. The largest absolute Gasteiger partial charge is 0.297 e. The summed E-state index contributed by atoms with van der Waals surface area (Å²) >= 11 is 0. The SMILES string of the molecule is CCn1c(-c2ccc(C#N)cc2)nnc1S(=O)(=O)Cl. The van der Waals surface area contributed by atoms with Gasteiger partial charge in [-0.1, -0.05) is 0 Å². The zero-order chi connectivity index (χ0) is 14.0. The van der Waals surface area contributed by atoms with Gasteiger partial charge in [-0.05, 0) is 31.2 Å². The second-order valence-corrected chi connectivity index (χ2v) is 6.14. The maximum atomic E-state index is 11.4. The number of aromatic nitrogens is 3. The molecule has 2 aromatic rings. The lowest BCUT2D eigenvalue weighted by molar-refractivity contribution is 0.583. The average molecular weight is 297 g/mol. The molecule has 0 atom stereocenters. The number of halogens is 1. The fourth-order valence-corrected chi connectivity index (χ4v) is 2.62. The van der Waals surface area contributed by atoms with Crippen LogP contribution in [-0.4, -0.2) is 23.2 Å². The highest BCUT2D eigenvalue weighted by Crippen LogP contribution is 2.22. The van der Waals surface area contributed by atoms with Crippen molar-refractivity contribution < 1.29 is 8.42 Å². The molecule has 0 saturated heterocycles. The van der Waals surface area contributed by atoms with Crippen LogP contribution in [0.2, 0.25) is 0 Å². The lowest BCUT2D eigenvalue weighted by Crippen LogP contribution is -2.06. The summed E-state index contributed by atoms with van der Waals surface area (Å²) in [7, 11) is 1.36. The Hall–Kier alpha value is -1.91. The summed E-state index contributed by atoms with van der Waals surface area (Å²) in [5.74, 6) is 0.395. The highest BCUT2D eigenvalue weighted by molar-refractivity contribution is 8.13. The predicted octanol–water partition coefficient (Wildman–Crippen LogP) is 1.76. The van der Waals surface area contributed by atoms with E-state index in [1.807, 2.05) is 6.07 Å². The molecule has 19 heavy (non-hydrogen) atoms. The summed E-state index contributed by atoms with van der Waals surface area (Å²) in [5, 5.41) is 15.9. The monoisotopic (exact) mass is 296 g/mol. The Morgan fingerprint density at radius 3 is 2.42 bits per heavy atom. The van der Waals surface area contributed by atoms with Crippen molar-refractivity contribution in [2.75, 3.05) is 0 Å². The molecule has 0 aliphatic heterocycles. The van der Waals surface area contributed by atoms with E-state index in [0.717, 1.165) is 0 Å². The van der Waals surface area contributed by atoms with E-state index in [-0.39, 0.29) is 5.16 Å². The molecule has 0 aliphatic carbocycles. The number of rotatable bonds is 3. The van der Waals surface area contributed by atoms with E-state index >= 15 is 0 Å². The third kappa shape index (κ3) is 2.59. The van der Waals surface area contributed by atoms with Crippen LogP contribution >= 0.6 is 10.7 Å². The summed E-state index contributed by atoms with van der Waals surface area (Å²) in [6, 6.07) is 8.61. The zero-order valence-corrected chi connectivity index (χ0v) is 11.5. The molecule has 0 radical (unpaired) electrons. The van der Waals surface area contributed by atoms with E-state index < -0.39 is 9.05 Å². The van der Waals surface area contributed by atoms with Crippen LogP contribution < -0.4 is 0 Å². The van der Waals surface area contributed by atoms with Crippen molar-refractivity contribution in [2.45, 2.75) is 18.6 Å². The van der Waals surface area contributed by atoms with E-state index in [1.165, 1.54) is 4.57 Å². The van der Waals surface area contributed by atoms with Crippen LogP contribution in [0, 0.1) is 11.3 Å². The summed E-state index contributed by atoms with van der Waals surface area (Å²) in [6.45, 7) is 2.13. The highest BCUT2D eigenvalue weighted by Gasteiger charge is 2.22. The Morgan fingerprint density at radius 2 is 1.95 bits per heavy atom. The molecule has 0 N–H and O–H groups in total. The van der Waals surface area contributed by atoms with E-state index in [0.29, 0.717) is 23.5 Å². The Morgan fingerprint density at radius 1 is 1.32 bits per heavy atom. The first-order valence-corrected chi connectivity index (χ1v) is 7.66. The van der Waals surface area contributed by atoms with Crippen LogP contribution in [0.5, 0.6) is 0 Å². The third-order valence-electron chi connectivity index (χ3n) is 2.52. The second kappa shape index (κ2) is 4.99. The van der Waals surface area contributed by atoms with Crippen LogP contribution in [0.15, 0.2) is 29.4 Å². The first-order valence-electron chi connectivity index (χ1n) is 5.35. The van der Waals surface area contributed by atoms with Crippen molar-refractivity contribution in [1.29, 1.82) is 5.26 Å². The first kappa shape index (κ1) is 13.5. The number of hydrogen-bond donors (Lipinski definition) is 0. The smallest absolute Gasteiger partial charge is 0.296 e. The summed E-state index contributed by atoms with van der Waals surface area (Å²) in [6.07, 6.45) is 0. The van der Waals surface area contributed by atoms with Crippen molar-refractivity contribution in [2.24, 2.45) is 0 Å². The van der Waals surface area contributed by atoms with Crippen LogP contribution in [0.4, 0.5) is 0 Å². The normalized spacial score (nSPS) is 11.2. The molecule has 1 aromatic carbocycles. The van der Waals surface area contributed by atoms with Gasteiger partial charge in [0.1, 0.15) is 0 Å². The minimum atomic E-state index is -3.94. The fourth-order valence-electron chi connectivity index (χ4n) is 1.66. The summed E-state index contributed by atoms with van der Waals surface area (Å²) < 4.78 is 24.1. The molecule has 6 nitrogen and oxygen atoms in total. The van der Waals surface area contributed by atoms with E-state index in [4.69, 9.17) is 15.9 Å². The molecule has 0 aliphatic rings. The molecule has 0 spiro atoms. The number of hydrogen-bond acceptors (Lipinski definition) is 5. The Labute approximate surface area is 114 Å². The first-order chi connectivity index (χ1) is 8.97. The molecular weight excluding hydrogens is 288 g/mol. The molecule has 0 fully saturated rings. The zero-order valence-electron chi connectivity index (χ0n) is 9.91. The lowest BCUT2D eigenvalue weighted by atomic mass is 10.1. The molecule has 98 valence electrons. The van der Waals surface area contributed by atoms with E-state index in [1.54, 1.807) is 31.2 Å². The molecule has 0 saturated carbocycles. The van der Waals surface area contributed by atoms with Crippen molar-refractivity contribution in [3.8, 4) is 17.5 Å². The average Bonchev–Trinajstić information content (AvgIpc) is 2.82. The van der Waals surface area contributed by atoms with Gasteiger partial charge in [-0.25, -0.2) is 8.42 Å². The minimum Gasteiger partial charge on any atom is -0.297 e. The quantitative estimate of drug-likeness (QED) is 0.805. The number of benzene rings is 1. The molecule has 2 rings (SSSR count). The van der Waals surface area contributed by atoms with Gasteiger partial charge in [0.25, 0.3) is 14.2 Å². The van der Waals surface area contributed by atoms with Crippen molar-refractivity contribution >= 4 is 19.7 Å². The van der Waals surface area contributed by atoms with Gasteiger partial charge in [0.05, 0.1) is 11.6 Å². The van der Waals surface area contributed by atoms with Crippen LogP contribution in [-0.2, 0) is 15.6 Å².